The van der Waals surface area contributed by atoms with Gasteiger partial charge in [0.25, 0.3) is 0 Å². The minimum Gasteiger partial charge on any atom is -0.396 e. The highest BCUT2D eigenvalue weighted by Crippen LogP contribution is 2.18. The lowest BCUT2D eigenvalue weighted by Gasteiger charge is -1.99. The van der Waals surface area contributed by atoms with Crippen LogP contribution in [0.15, 0.2) is 34.9 Å². The van der Waals surface area contributed by atoms with Crippen LogP contribution in [-0.2, 0) is 0 Å². The SMILES string of the molecule is CC(=Cc1ccc(SCCO)cc1)[N+](=O)[O-]. The lowest BCUT2D eigenvalue weighted by Crippen LogP contribution is -1.92. The molecule has 0 bridgehead atoms. The van der Waals surface area contributed by atoms with Gasteiger partial charge in [-0.3, -0.25) is 10.1 Å². The van der Waals surface area contributed by atoms with Gasteiger partial charge in [0.2, 0.25) is 5.70 Å². The maximum Gasteiger partial charge on any atom is 0.243 e. The van der Waals surface area contributed by atoms with Crippen LogP contribution in [0.25, 0.3) is 6.08 Å². The minimum absolute atomic E-state index is 0.121. The zero-order valence-corrected chi connectivity index (χ0v) is 9.74. The predicted molar refractivity (Wildman–Crippen MR) is 64.9 cm³/mol. The molecule has 0 atom stereocenters. The van der Waals surface area contributed by atoms with Gasteiger partial charge in [0, 0.05) is 23.6 Å². The van der Waals surface area contributed by atoms with Crippen molar-refractivity contribution in [3.63, 3.8) is 0 Å². The normalized spacial score (nSPS) is 11.5. The van der Waals surface area contributed by atoms with Gasteiger partial charge < -0.3 is 5.11 Å². The Bertz CT molecular complexity index is 387. The van der Waals surface area contributed by atoms with E-state index < -0.39 is 4.92 Å². The van der Waals surface area contributed by atoms with Crippen LogP contribution in [0.1, 0.15) is 12.5 Å². The van der Waals surface area contributed by atoms with E-state index in [4.69, 9.17) is 5.11 Å². The molecule has 0 saturated heterocycles. The molecule has 0 fully saturated rings. The summed E-state index contributed by atoms with van der Waals surface area (Å²) in [5.41, 5.74) is 0.929. The molecule has 0 radical (unpaired) electrons. The molecule has 0 aliphatic heterocycles. The Hall–Kier alpha value is -1.33. The van der Waals surface area contributed by atoms with Crippen LogP contribution >= 0.6 is 11.8 Å². The van der Waals surface area contributed by atoms with Crippen LogP contribution in [0, 0.1) is 10.1 Å². The fourth-order valence-corrected chi connectivity index (χ4v) is 1.77. The Morgan fingerprint density at radius 2 is 2.12 bits per heavy atom. The van der Waals surface area contributed by atoms with Gasteiger partial charge in [-0.05, 0) is 17.7 Å². The Labute approximate surface area is 98.1 Å². The van der Waals surface area contributed by atoms with Crippen molar-refractivity contribution in [1.29, 1.82) is 0 Å². The number of hydrogen-bond acceptors (Lipinski definition) is 4. The molecule has 1 rings (SSSR count). The van der Waals surface area contributed by atoms with E-state index in [9.17, 15) is 10.1 Å². The highest BCUT2D eigenvalue weighted by molar-refractivity contribution is 7.99. The van der Waals surface area contributed by atoms with E-state index in [0.29, 0.717) is 5.75 Å². The molecular weight excluding hydrogens is 226 g/mol. The fourth-order valence-electron chi connectivity index (χ4n) is 1.12. The second-order valence-electron chi connectivity index (χ2n) is 3.18. The molecule has 0 aromatic heterocycles. The average molecular weight is 239 g/mol. The third-order valence-electron chi connectivity index (χ3n) is 1.90. The van der Waals surface area contributed by atoms with E-state index in [0.717, 1.165) is 10.5 Å². The standard InChI is InChI=1S/C11H13NO3S/c1-9(12(14)15)8-10-2-4-11(5-3-10)16-7-6-13/h2-5,8,13H,6-7H2,1H3. The van der Waals surface area contributed by atoms with Crippen molar-refractivity contribution in [2.75, 3.05) is 12.4 Å². The molecule has 0 spiro atoms. The zero-order valence-electron chi connectivity index (χ0n) is 8.92. The summed E-state index contributed by atoms with van der Waals surface area (Å²) in [5, 5.41) is 19.1. The number of rotatable bonds is 5. The van der Waals surface area contributed by atoms with Crippen LogP contribution in [0.4, 0.5) is 0 Å². The van der Waals surface area contributed by atoms with E-state index in [1.807, 2.05) is 24.3 Å². The fraction of sp³-hybridized carbons (Fsp3) is 0.273. The van der Waals surface area contributed by atoms with Gasteiger partial charge in [-0.15, -0.1) is 11.8 Å². The van der Waals surface area contributed by atoms with Crippen molar-refractivity contribution in [3.05, 3.63) is 45.6 Å². The first-order chi connectivity index (χ1) is 7.63. The molecule has 86 valence electrons. The summed E-state index contributed by atoms with van der Waals surface area (Å²) in [7, 11) is 0. The highest BCUT2D eigenvalue weighted by Gasteiger charge is 2.01. The molecule has 0 saturated carbocycles. The number of nitro groups is 1. The van der Waals surface area contributed by atoms with E-state index in [-0.39, 0.29) is 12.3 Å². The lowest BCUT2D eigenvalue weighted by atomic mass is 10.2. The second-order valence-corrected chi connectivity index (χ2v) is 4.35. The van der Waals surface area contributed by atoms with Crippen molar-refractivity contribution in [2.24, 2.45) is 0 Å². The van der Waals surface area contributed by atoms with E-state index >= 15 is 0 Å². The number of nitrogens with zero attached hydrogens (tertiary/aromatic N) is 1. The van der Waals surface area contributed by atoms with Gasteiger partial charge in [0.1, 0.15) is 0 Å². The van der Waals surface area contributed by atoms with Gasteiger partial charge in [0.05, 0.1) is 11.5 Å². The van der Waals surface area contributed by atoms with Crippen molar-refractivity contribution in [2.45, 2.75) is 11.8 Å². The number of benzene rings is 1. The molecule has 1 N–H and O–H groups in total. The van der Waals surface area contributed by atoms with Crippen LogP contribution in [-0.4, -0.2) is 22.4 Å². The van der Waals surface area contributed by atoms with Gasteiger partial charge >= 0.3 is 0 Å². The van der Waals surface area contributed by atoms with Crippen molar-refractivity contribution < 1.29 is 10.0 Å². The summed E-state index contributed by atoms with van der Waals surface area (Å²) in [5.74, 6) is 0.656. The van der Waals surface area contributed by atoms with E-state index in [2.05, 4.69) is 0 Å². The Kier molecular flexibility index (Phi) is 5.01. The molecule has 0 unspecified atom stereocenters. The highest BCUT2D eigenvalue weighted by atomic mass is 32.2. The third kappa shape index (κ3) is 4.04. The van der Waals surface area contributed by atoms with Gasteiger partial charge in [-0.25, -0.2) is 0 Å². The lowest BCUT2D eigenvalue weighted by molar-refractivity contribution is -0.422. The summed E-state index contributed by atoms with van der Waals surface area (Å²) in [6.07, 6.45) is 1.53. The van der Waals surface area contributed by atoms with Crippen molar-refractivity contribution >= 4 is 17.8 Å². The summed E-state index contributed by atoms with van der Waals surface area (Å²) >= 11 is 1.55. The number of hydrogen-bond donors (Lipinski definition) is 1. The van der Waals surface area contributed by atoms with Crippen molar-refractivity contribution in [1.82, 2.24) is 0 Å². The van der Waals surface area contributed by atoms with Crippen LogP contribution < -0.4 is 0 Å². The van der Waals surface area contributed by atoms with Crippen LogP contribution in [0.5, 0.6) is 0 Å². The largest absolute Gasteiger partial charge is 0.396 e. The van der Waals surface area contributed by atoms with Crippen LogP contribution in [0.2, 0.25) is 0 Å². The molecule has 0 amide bonds. The first-order valence-electron chi connectivity index (χ1n) is 4.80. The molecule has 1 aromatic carbocycles. The molecular formula is C11H13NO3S. The monoisotopic (exact) mass is 239 g/mol. The molecule has 5 heteroatoms. The Morgan fingerprint density at radius 3 is 2.62 bits per heavy atom. The second kappa shape index (κ2) is 6.30. The predicted octanol–water partition coefficient (Wildman–Crippen LogP) is 2.41. The first kappa shape index (κ1) is 12.7. The molecule has 1 aromatic rings. The molecule has 0 aliphatic carbocycles. The quantitative estimate of drug-likeness (QED) is 0.487. The van der Waals surface area contributed by atoms with Gasteiger partial charge in [-0.2, -0.15) is 0 Å². The molecule has 0 heterocycles. The molecule has 0 aliphatic rings. The van der Waals surface area contributed by atoms with Gasteiger partial charge in [0.15, 0.2) is 0 Å². The maximum atomic E-state index is 10.4. The topological polar surface area (TPSA) is 63.4 Å². The third-order valence-corrected chi connectivity index (χ3v) is 2.90. The summed E-state index contributed by atoms with van der Waals surface area (Å²) in [6.45, 7) is 1.61. The Balaban J connectivity index is 2.71. The van der Waals surface area contributed by atoms with Crippen molar-refractivity contribution in [3.8, 4) is 0 Å². The summed E-state index contributed by atoms with van der Waals surface area (Å²) < 4.78 is 0. The Morgan fingerprint density at radius 1 is 1.50 bits per heavy atom. The maximum absolute atomic E-state index is 10.4. The van der Waals surface area contributed by atoms with Crippen LogP contribution in [0.3, 0.4) is 0 Å². The average Bonchev–Trinajstić information content (AvgIpc) is 2.28. The van der Waals surface area contributed by atoms with Gasteiger partial charge in [-0.1, -0.05) is 12.1 Å². The number of allylic oxidation sites excluding steroid dienone is 1. The summed E-state index contributed by atoms with van der Waals surface area (Å²) in [6, 6.07) is 7.43. The summed E-state index contributed by atoms with van der Waals surface area (Å²) in [4.78, 5) is 11.1. The zero-order chi connectivity index (χ0) is 12.0. The van der Waals surface area contributed by atoms with E-state index in [1.165, 1.54) is 13.0 Å². The first-order valence-corrected chi connectivity index (χ1v) is 5.78. The van der Waals surface area contributed by atoms with E-state index in [1.54, 1.807) is 11.8 Å². The minimum atomic E-state index is -0.408. The smallest absolute Gasteiger partial charge is 0.243 e. The molecule has 4 nitrogen and oxygen atoms in total. The molecule has 16 heavy (non-hydrogen) atoms. The number of thioether (sulfide) groups is 1. The number of aliphatic hydroxyl groups is 1. The number of aliphatic hydroxyl groups excluding tert-OH is 1.